The van der Waals surface area contributed by atoms with Gasteiger partial charge in [-0.05, 0) is 41.8 Å². The van der Waals surface area contributed by atoms with Crippen LogP contribution in [-0.4, -0.2) is 23.1 Å². The topological polar surface area (TPSA) is 90.8 Å². The van der Waals surface area contributed by atoms with Crippen LogP contribution < -0.4 is 10.7 Å². The second kappa shape index (κ2) is 9.68. The van der Waals surface area contributed by atoms with Crippen LogP contribution in [0.5, 0.6) is 5.75 Å². The van der Waals surface area contributed by atoms with Crippen LogP contribution in [0.3, 0.4) is 0 Å². The summed E-state index contributed by atoms with van der Waals surface area (Å²) in [4.78, 5) is 24.8. The number of hydrogen-bond acceptors (Lipinski definition) is 4. The summed E-state index contributed by atoms with van der Waals surface area (Å²) < 4.78 is 26.9. The Morgan fingerprint density at radius 1 is 0.853 bits per heavy atom. The molecule has 2 amide bonds. The maximum atomic E-state index is 13.5. The Balaban J connectivity index is 1.56. The molecule has 4 rings (SSSR count). The van der Waals surface area contributed by atoms with Crippen LogP contribution >= 0.6 is 11.6 Å². The van der Waals surface area contributed by atoms with Crippen molar-refractivity contribution in [2.45, 2.75) is 0 Å². The number of carbonyl (C=O) groups excluding carboxylic acids is 2. The number of hydrazone groups is 1. The van der Waals surface area contributed by atoms with Gasteiger partial charge in [-0.15, -0.1) is 0 Å². The van der Waals surface area contributed by atoms with Gasteiger partial charge >= 0.3 is 0 Å². The third-order valence-corrected chi connectivity index (χ3v) is 5.21. The SMILES string of the molecule is O=C(N/N=C/c1ccc(NC(=O)c2cc(F)cc(F)c2)c2ccccc12)c1ccc(O)c(Cl)c1. The quantitative estimate of drug-likeness (QED) is 0.261. The van der Waals surface area contributed by atoms with Gasteiger partial charge in [0.2, 0.25) is 0 Å². The molecule has 0 spiro atoms. The number of fused-ring (bicyclic) bond motifs is 1. The fourth-order valence-electron chi connectivity index (χ4n) is 3.30. The van der Waals surface area contributed by atoms with E-state index in [0.717, 1.165) is 17.5 Å². The van der Waals surface area contributed by atoms with Crippen molar-refractivity contribution in [3.8, 4) is 5.75 Å². The summed E-state index contributed by atoms with van der Waals surface area (Å²) in [7, 11) is 0. The largest absolute Gasteiger partial charge is 0.506 e. The van der Waals surface area contributed by atoms with Gasteiger partial charge in [-0.1, -0.05) is 41.9 Å². The highest BCUT2D eigenvalue weighted by molar-refractivity contribution is 6.32. The number of anilines is 1. The fraction of sp³-hybridized carbons (Fsp3) is 0. The molecule has 0 aliphatic rings. The van der Waals surface area contributed by atoms with Crippen molar-refractivity contribution < 1.29 is 23.5 Å². The van der Waals surface area contributed by atoms with Gasteiger partial charge in [-0.3, -0.25) is 9.59 Å². The van der Waals surface area contributed by atoms with Crippen LogP contribution in [0, 0.1) is 11.6 Å². The van der Waals surface area contributed by atoms with E-state index in [2.05, 4.69) is 15.8 Å². The van der Waals surface area contributed by atoms with Crippen molar-refractivity contribution in [2.24, 2.45) is 5.10 Å². The second-order valence-corrected chi connectivity index (χ2v) is 7.63. The third kappa shape index (κ3) is 5.02. The number of halogens is 3. The van der Waals surface area contributed by atoms with Crippen LogP contribution in [0.15, 0.2) is 77.9 Å². The number of carbonyl (C=O) groups is 2. The molecule has 0 radical (unpaired) electrons. The number of nitrogens with one attached hydrogen (secondary N) is 2. The first-order valence-corrected chi connectivity index (χ1v) is 10.3. The zero-order valence-electron chi connectivity index (χ0n) is 17.4. The summed E-state index contributed by atoms with van der Waals surface area (Å²) >= 11 is 5.82. The van der Waals surface area contributed by atoms with Crippen LogP contribution in [0.2, 0.25) is 5.02 Å². The van der Waals surface area contributed by atoms with E-state index in [-0.39, 0.29) is 21.9 Å². The first kappa shape index (κ1) is 22.9. The Kier molecular flexibility index (Phi) is 6.51. The van der Waals surface area contributed by atoms with Crippen molar-refractivity contribution in [3.63, 3.8) is 0 Å². The first-order chi connectivity index (χ1) is 16.3. The Hall–Kier alpha value is -4.30. The molecule has 170 valence electrons. The number of phenolic OH excluding ortho intramolecular Hbond substituents is 1. The molecule has 9 heteroatoms. The number of benzene rings is 4. The van der Waals surface area contributed by atoms with Crippen molar-refractivity contribution in [1.82, 2.24) is 5.43 Å². The Morgan fingerprint density at radius 3 is 2.26 bits per heavy atom. The number of aromatic hydroxyl groups is 1. The Bertz CT molecular complexity index is 1440. The summed E-state index contributed by atoms with van der Waals surface area (Å²) in [6.45, 7) is 0. The van der Waals surface area contributed by atoms with Crippen molar-refractivity contribution in [1.29, 1.82) is 0 Å². The van der Waals surface area contributed by atoms with Gasteiger partial charge < -0.3 is 10.4 Å². The fourth-order valence-corrected chi connectivity index (χ4v) is 3.48. The molecule has 0 heterocycles. The molecule has 0 atom stereocenters. The van der Waals surface area contributed by atoms with Crippen molar-refractivity contribution in [2.75, 3.05) is 5.32 Å². The number of hydrogen-bond donors (Lipinski definition) is 3. The summed E-state index contributed by atoms with van der Waals surface area (Å²) in [6, 6.07) is 17.1. The highest BCUT2D eigenvalue weighted by Gasteiger charge is 2.13. The molecule has 4 aromatic carbocycles. The lowest BCUT2D eigenvalue weighted by molar-refractivity contribution is 0.0954. The van der Waals surface area contributed by atoms with Gasteiger partial charge in [-0.25, -0.2) is 14.2 Å². The molecule has 4 aromatic rings. The summed E-state index contributed by atoms with van der Waals surface area (Å²) in [5, 5.41) is 17.5. The number of nitrogens with zero attached hydrogens (tertiary/aromatic N) is 1. The lowest BCUT2D eigenvalue weighted by Crippen LogP contribution is -2.17. The molecule has 0 bridgehead atoms. The van der Waals surface area contributed by atoms with E-state index in [1.807, 2.05) is 0 Å². The van der Waals surface area contributed by atoms with Crippen LogP contribution in [0.1, 0.15) is 26.3 Å². The lowest BCUT2D eigenvalue weighted by Gasteiger charge is -2.11. The zero-order valence-corrected chi connectivity index (χ0v) is 18.1. The van der Waals surface area contributed by atoms with Gasteiger partial charge in [-0.2, -0.15) is 5.10 Å². The third-order valence-electron chi connectivity index (χ3n) is 4.91. The molecule has 0 saturated heterocycles. The average Bonchev–Trinajstić information content (AvgIpc) is 2.81. The van der Waals surface area contributed by atoms with E-state index in [1.165, 1.54) is 24.4 Å². The van der Waals surface area contributed by atoms with E-state index in [9.17, 15) is 23.5 Å². The Morgan fingerprint density at radius 2 is 1.56 bits per heavy atom. The maximum absolute atomic E-state index is 13.5. The van der Waals surface area contributed by atoms with Gasteiger partial charge in [0, 0.05) is 33.8 Å². The molecule has 0 aliphatic heterocycles. The number of amides is 2. The zero-order chi connectivity index (χ0) is 24.2. The monoisotopic (exact) mass is 479 g/mol. The minimum Gasteiger partial charge on any atom is -0.506 e. The van der Waals surface area contributed by atoms with E-state index >= 15 is 0 Å². The van der Waals surface area contributed by atoms with E-state index in [1.54, 1.807) is 36.4 Å². The van der Waals surface area contributed by atoms with E-state index in [4.69, 9.17) is 11.6 Å². The summed E-state index contributed by atoms with van der Waals surface area (Å²) in [6.07, 6.45) is 1.44. The maximum Gasteiger partial charge on any atom is 0.271 e. The molecule has 0 fully saturated rings. The molecule has 34 heavy (non-hydrogen) atoms. The molecular formula is C25H16ClF2N3O3. The molecular weight excluding hydrogens is 464 g/mol. The predicted molar refractivity (Wildman–Crippen MR) is 126 cm³/mol. The molecule has 3 N–H and O–H groups in total. The molecule has 6 nitrogen and oxygen atoms in total. The first-order valence-electron chi connectivity index (χ1n) is 9.93. The standard InChI is InChI=1S/C25H16ClF2N3O3/c26-21-11-14(6-8-23(21)32)25(34)31-29-13-15-5-7-22(20-4-2-1-3-19(15)20)30-24(33)16-9-17(27)12-18(28)10-16/h1-13,32H,(H,30,33)(H,31,34)/b29-13+. The average molecular weight is 480 g/mol. The summed E-state index contributed by atoms with van der Waals surface area (Å²) in [5.41, 5.74) is 3.54. The number of phenols is 1. The van der Waals surface area contributed by atoms with Crippen LogP contribution in [0.25, 0.3) is 10.8 Å². The van der Waals surface area contributed by atoms with E-state index in [0.29, 0.717) is 22.7 Å². The molecule has 0 aliphatic carbocycles. The van der Waals surface area contributed by atoms with Crippen molar-refractivity contribution in [3.05, 3.63) is 106 Å². The highest BCUT2D eigenvalue weighted by atomic mass is 35.5. The van der Waals surface area contributed by atoms with E-state index < -0.39 is 23.4 Å². The van der Waals surface area contributed by atoms with Gasteiger partial charge in [0.15, 0.2) is 0 Å². The van der Waals surface area contributed by atoms with Crippen molar-refractivity contribution >= 4 is 46.1 Å². The minimum absolute atomic E-state index is 0.0428. The molecule has 0 unspecified atom stereocenters. The molecule has 0 aromatic heterocycles. The minimum atomic E-state index is -0.849. The van der Waals surface area contributed by atoms with Gasteiger partial charge in [0.25, 0.3) is 11.8 Å². The second-order valence-electron chi connectivity index (χ2n) is 7.23. The molecule has 0 saturated carbocycles. The predicted octanol–water partition coefficient (Wildman–Crippen LogP) is 5.49. The highest BCUT2D eigenvalue weighted by Crippen LogP contribution is 2.27. The van der Waals surface area contributed by atoms with Crippen LogP contribution in [-0.2, 0) is 0 Å². The van der Waals surface area contributed by atoms with Gasteiger partial charge in [0.05, 0.1) is 11.2 Å². The number of rotatable bonds is 5. The van der Waals surface area contributed by atoms with Gasteiger partial charge in [0.1, 0.15) is 17.4 Å². The lowest BCUT2D eigenvalue weighted by atomic mass is 10.0. The Labute approximate surface area is 197 Å². The smallest absolute Gasteiger partial charge is 0.271 e. The summed E-state index contributed by atoms with van der Waals surface area (Å²) in [5.74, 6) is -3.02. The normalized spacial score (nSPS) is 11.0. The van der Waals surface area contributed by atoms with Crippen LogP contribution in [0.4, 0.5) is 14.5 Å².